The van der Waals surface area contributed by atoms with Gasteiger partial charge in [0.25, 0.3) is 0 Å². The summed E-state index contributed by atoms with van der Waals surface area (Å²) in [6.45, 7) is 3.06. The summed E-state index contributed by atoms with van der Waals surface area (Å²) in [5.74, 6) is 0. The standard InChI is InChI=1S/C12H12N2/c1-8-2-3-11-9(6-8)10-7-13-5-4-12(10)14-11/h2-6,13-14H,7H2,1H3. The van der Waals surface area contributed by atoms with E-state index in [9.17, 15) is 0 Å². The molecule has 1 aromatic carbocycles. The number of fused-ring (bicyclic) bond motifs is 3. The van der Waals surface area contributed by atoms with E-state index in [-0.39, 0.29) is 0 Å². The Balaban J connectivity index is 2.39. The van der Waals surface area contributed by atoms with Gasteiger partial charge in [-0.15, -0.1) is 0 Å². The fourth-order valence-corrected chi connectivity index (χ4v) is 2.02. The number of rotatable bonds is 0. The van der Waals surface area contributed by atoms with E-state index in [0.29, 0.717) is 0 Å². The van der Waals surface area contributed by atoms with Crippen LogP contribution in [0.2, 0.25) is 0 Å². The molecule has 14 heavy (non-hydrogen) atoms. The van der Waals surface area contributed by atoms with E-state index >= 15 is 0 Å². The van der Waals surface area contributed by atoms with Crippen molar-refractivity contribution < 1.29 is 0 Å². The number of benzene rings is 1. The second-order valence-electron chi connectivity index (χ2n) is 3.78. The Morgan fingerprint density at radius 2 is 2.21 bits per heavy atom. The predicted octanol–water partition coefficient (Wildman–Crippen LogP) is 2.55. The molecule has 0 spiro atoms. The number of hydrogen-bond acceptors (Lipinski definition) is 1. The molecule has 1 aliphatic rings. The molecular weight excluding hydrogens is 172 g/mol. The number of aromatic amines is 1. The molecule has 1 aromatic heterocycles. The van der Waals surface area contributed by atoms with Crippen molar-refractivity contribution in [2.24, 2.45) is 0 Å². The molecule has 2 nitrogen and oxygen atoms in total. The van der Waals surface area contributed by atoms with Gasteiger partial charge in [-0.2, -0.15) is 0 Å². The zero-order valence-electron chi connectivity index (χ0n) is 8.09. The summed E-state index contributed by atoms with van der Waals surface area (Å²) in [7, 11) is 0. The minimum Gasteiger partial charge on any atom is -0.387 e. The molecule has 2 aromatic rings. The van der Waals surface area contributed by atoms with Gasteiger partial charge >= 0.3 is 0 Å². The maximum Gasteiger partial charge on any atom is 0.0462 e. The van der Waals surface area contributed by atoms with Gasteiger partial charge in [0, 0.05) is 28.7 Å². The molecule has 2 heteroatoms. The van der Waals surface area contributed by atoms with Crippen LogP contribution in [0.4, 0.5) is 0 Å². The third kappa shape index (κ3) is 0.970. The van der Waals surface area contributed by atoms with Crippen molar-refractivity contribution in [1.29, 1.82) is 0 Å². The molecule has 3 rings (SSSR count). The summed E-state index contributed by atoms with van der Waals surface area (Å²) in [5.41, 5.74) is 5.17. The number of H-pyrrole nitrogens is 1. The van der Waals surface area contributed by atoms with Crippen LogP contribution in [0.25, 0.3) is 17.0 Å². The van der Waals surface area contributed by atoms with Crippen molar-refractivity contribution in [2.45, 2.75) is 13.5 Å². The molecule has 0 saturated carbocycles. The van der Waals surface area contributed by atoms with Crippen LogP contribution < -0.4 is 5.32 Å². The number of aryl methyl sites for hydroxylation is 1. The molecule has 1 aliphatic heterocycles. The highest BCUT2D eigenvalue weighted by Gasteiger charge is 2.10. The van der Waals surface area contributed by atoms with Crippen molar-refractivity contribution in [3.05, 3.63) is 41.2 Å². The lowest BCUT2D eigenvalue weighted by molar-refractivity contribution is 0.864. The molecule has 70 valence electrons. The van der Waals surface area contributed by atoms with E-state index in [1.807, 2.05) is 6.20 Å². The number of aromatic nitrogens is 1. The van der Waals surface area contributed by atoms with Gasteiger partial charge in [0.15, 0.2) is 0 Å². The zero-order valence-corrected chi connectivity index (χ0v) is 8.09. The molecule has 0 atom stereocenters. The van der Waals surface area contributed by atoms with Crippen LogP contribution >= 0.6 is 0 Å². The van der Waals surface area contributed by atoms with Crippen LogP contribution in [-0.2, 0) is 6.54 Å². The Labute approximate surface area is 82.6 Å². The first-order chi connectivity index (χ1) is 6.84. The topological polar surface area (TPSA) is 27.8 Å². The highest BCUT2D eigenvalue weighted by atomic mass is 14.9. The average Bonchev–Trinajstić information content (AvgIpc) is 2.56. The fraction of sp³-hybridized carbons (Fsp3) is 0.167. The van der Waals surface area contributed by atoms with E-state index in [0.717, 1.165) is 6.54 Å². The highest BCUT2D eigenvalue weighted by molar-refractivity contribution is 5.88. The third-order valence-electron chi connectivity index (χ3n) is 2.74. The van der Waals surface area contributed by atoms with Crippen LogP contribution in [0, 0.1) is 6.92 Å². The Morgan fingerprint density at radius 3 is 3.14 bits per heavy atom. The van der Waals surface area contributed by atoms with Crippen molar-refractivity contribution >= 4 is 17.0 Å². The molecule has 0 fully saturated rings. The Morgan fingerprint density at radius 1 is 1.29 bits per heavy atom. The van der Waals surface area contributed by atoms with Gasteiger partial charge in [-0.1, -0.05) is 11.6 Å². The number of hydrogen-bond donors (Lipinski definition) is 2. The molecule has 2 heterocycles. The molecule has 0 bridgehead atoms. The molecule has 0 aliphatic carbocycles. The molecular formula is C12H12N2. The van der Waals surface area contributed by atoms with Crippen LogP contribution in [0.1, 0.15) is 16.8 Å². The van der Waals surface area contributed by atoms with E-state index in [1.165, 1.54) is 27.7 Å². The summed E-state index contributed by atoms with van der Waals surface area (Å²) >= 11 is 0. The second-order valence-corrected chi connectivity index (χ2v) is 3.78. The first-order valence-electron chi connectivity index (χ1n) is 4.86. The van der Waals surface area contributed by atoms with Gasteiger partial charge < -0.3 is 10.3 Å². The Hall–Kier alpha value is -1.70. The highest BCUT2D eigenvalue weighted by Crippen LogP contribution is 2.25. The predicted molar refractivity (Wildman–Crippen MR) is 58.9 cm³/mol. The molecule has 2 N–H and O–H groups in total. The van der Waals surface area contributed by atoms with Crippen LogP contribution in [0.3, 0.4) is 0 Å². The summed E-state index contributed by atoms with van der Waals surface area (Å²) in [6.07, 6.45) is 4.08. The summed E-state index contributed by atoms with van der Waals surface area (Å²) in [5, 5.41) is 4.58. The second kappa shape index (κ2) is 2.64. The summed E-state index contributed by atoms with van der Waals surface area (Å²) in [6, 6.07) is 6.53. The Bertz CT molecular complexity index is 520. The summed E-state index contributed by atoms with van der Waals surface area (Å²) in [4.78, 5) is 3.42. The van der Waals surface area contributed by atoms with Gasteiger partial charge in [0.05, 0.1) is 0 Å². The average molecular weight is 184 g/mol. The van der Waals surface area contributed by atoms with E-state index in [1.54, 1.807) is 0 Å². The Kier molecular flexibility index (Phi) is 1.45. The van der Waals surface area contributed by atoms with Gasteiger partial charge in [-0.3, -0.25) is 0 Å². The monoisotopic (exact) mass is 184 g/mol. The van der Waals surface area contributed by atoms with Crippen molar-refractivity contribution in [1.82, 2.24) is 10.3 Å². The van der Waals surface area contributed by atoms with Crippen molar-refractivity contribution in [3.63, 3.8) is 0 Å². The van der Waals surface area contributed by atoms with E-state index in [4.69, 9.17) is 0 Å². The lowest BCUT2D eigenvalue weighted by Crippen LogP contribution is -2.08. The largest absolute Gasteiger partial charge is 0.387 e. The van der Waals surface area contributed by atoms with Gasteiger partial charge in [0.1, 0.15) is 0 Å². The fourth-order valence-electron chi connectivity index (χ4n) is 2.02. The van der Waals surface area contributed by atoms with E-state index < -0.39 is 0 Å². The lowest BCUT2D eigenvalue weighted by Gasteiger charge is -2.07. The molecule has 0 saturated heterocycles. The first kappa shape index (κ1) is 7.68. The maximum absolute atomic E-state index is 3.42. The van der Waals surface area contributed by atoms with Gasteiger partial charge in [0.2, 0.25) is 0 Å². The van der Waals surface area contributed by atoms with Gasteiger partial charge in [-0.25, -0.2) is 0 Å². The first-order valence-corrected chi connectivity index (χ1v) is 4.86. The van der Waals surface area contributed by atoms with Crippen molar-refractivity contribution in [2.75, 3.05) is 0 Å². The maximum atomic E-state index is 3.42. The third-order valence-corrected chi connectivity index (χ3v) is 2.74. The zero-order chi connectivity index (χ0) is 9.54. The quantitative estimate of drug-likeness (QED) is 0.647. The van der Waals surface area contributed by atoms with Crippen LogP contribution in [0.15, 0.2) is 24.4 Å². The minimum absolute atomic E-state index is 0.926. The molecule has 0 radical (unpaired) electrons. The van der Waals surface area contributed by atoms with Crippen LogP contribution in [-0.4, -0.2) is 4.98 Å². The summed E-state index contributed by atoms with van der Waals surface area (Å²) < 4.78 is 0. The van der Waals surface area contributed by atoms with Crippen LogP contribution in [0.5, 0.6) is 0 Å². The molecule has 0 unspecified atom stereocenters. The smallest absolute Gasteiger partial charge is 0.0462 e. The van der Waals surface area contributed by atoms with E-state index in [2.05, 4.69) is 41.5 Å². The number of nitrogens with one attached hydrogen (secondary N) is 2. The lowest BCUT2D eigenvalue weighted by atomic mass is 10.1. The molecule has 0 amide bonds. The SMILES string of the molecule is Cc1ccc2[nH]c3c(c2c1)CNC=C3. The normalized spacial score (nSPS) is 14.1. The van der Waals surface area contributed by atoms with Gasteiger partial charge in [-0.05, 0) is 31.3 Å². The van der Waals surface area contributed by atoms with Crippen molar-refractivity contribution in [3.8, 4) is 0 Å². The minimum atomic E-state index is 0.926.